The molecule has 0 spiro atoms. The van der Waals surface area contributed by atoms with Crippen LogP contribution in [0.4, 0.5) is 22.4 Å². The van der Waals surface area contributed by atoms with Crippen LogP contribution in [0, 0.1) is 5.82 Å². The standard InChI is InChI=1S/C18H19F4N3O4/c1-17(2,3)28-16(26)25-7-6-11(9-25)27-13-5-4-10(8-12(13)19)14-23-15(29-24-14)18(20,21)22/h4-5,8,11H,6-7,9H2,1-3H3/t11-/m0/s1. The van der Waals surface area contributed by atoms with E-state index in [9.17, 15) is 22.4 Å². The summed E-state index contributed by atoms with van der Waals surface area (Å²) in [6.07, 6.45) is -5.21. The van der Waals surface area contributed by atoms with Crippen LogP contribution in [0.1, 0.15) is 33.1 Å². The van der Waals surface area contributed by atoms with Crippen LogP contribution in [-0.4, -0.2) is 45.9 Å². The number of ether oxygens (including phenoxy) is 2. The lowest BCUT2D eigenvalue weighted by atomic mass is 10.2. The average Bonchev–Trinajstić information content (AvgIpc) is 3.24. The molecule has 1 aliphatic heterocycles. The molecule has 11 heteroatoms. The van der Waals surface area contributed by atoms with Crippen LogP contribution < -0.4 is 4.74 Å². The summed E-state index contributed by atoms with van der Waals surface area (Å²) in [5, 5.41) is 3.21. The maximum absolute atomic E-state index is 14.4. The molecule has 1 amide bonds. The van der Waals surface area contributed by atoms with E-state index >= 15 is 0 Å². The fourth-order valence-corrected chi connectivity index (χ4v) is 2.69. The molecule has 3 rings (SSSR count). The summed E-state index contributed by atoms with van der Waals surface area (Å²) in [6, 6.07) is 3.55. The van der Waals surface area contributed by atoms with Gasteiger partial charge in [0, 0.05) is 18.5 Å². The topological polar surface area (TPSA) is 77.7 Å². The number of aromatic nitrogens is 2. The number of likely N-dealkylation sites (tertiary alicyclic amines) is 1. The summed E-state index contributed by atoms with van der Waals surface area (Å²) in [4.78, 5) is 16.8. The first-order valence-corrected chi connectivity index (χ1v) is 8.78. The van der Waals surface area contributed by atoms with E-state index in [1.807, 2.05) is 0 Å². The monoisotopic (exact) mass is 417 g/mol. The zero-order chi connectivity index (χ0) is 21.4. The Labute approximate surface area is 163 Å². The largest absolute Gasteiger partial charge is 0.485 e. The van der Waals surface area contributed by atoms with E-state index < -0.39 is 35.7 Å². The van der Waals surface area contributed by atoms with Crippen LogP contribution >= 0.6 is 0 Å². The molecule has 1 saturated heterocycles. The molecular weight excluding hydrogens is 398 g/mol. The number of hydrogen-bond acceptors (Lipinski definition) is 6. The molecule has 1 aromatic heterocycles. The zero-order valence-corrected chi connectivity index (χ0v) is 15.9. The second-order valence-corrected chi connectivity index (χ2v) is 7.52. The van der Waals surface area contributed by atoms with E-state index in [-0.39, 0.29) is 23.7 Å². The van der Waals surface area contributed by atoms with E-state index in [2.05, 4.69) is 14.7 Å². The normalized spacial score (nSPS) is 17.5. The second kappa shape index (κ2) is 7.53. The molecule has 0 radical (unpaired) electrons. The fourth-order valence-electron chi connectivity index (χ4n) is 2.69. The summed E-state index contributed by atoms with van der Waals surface area (Å²) in [7, 11) is 0. The Morgan fingerprint density at radius 3 is 2.59 bits per heavy atom. The minimum absolute atomic E-state index is 0.0101. The third-order valence-corrected chi connectivity index (χ3v) is 3.95. The smallest absolute Gasteiger partial charge is 0.471 e. The van der Waals surface area contributed by atoms with Gasteiger partial charge in [-0.1, -0.05) is 5.16 Å². The summed E-state index contributed by atoms with van der Waals surface area (Å²) in [5.41, 5.74) is -0.616. The molecule has 7 nitrogen and oxygen atoms in total. The Morgan fingerprint density at radius 1 is 1.28 bits per heavy atom. The van der Waals surface area contributed by atoms with Crippen molar-refractivity contribution >= 4 is 6.09 Å². The lowest BCUT2D eigenvalue weighted by molar-refractivity contribution is -0.159. The van der Waals surface area contributed by atoms with Gasteiger partial charge in [0.1, 0.15) is 11.7 Å². The molecule has 0 bridgehead atoms. The number of alkyl halides is 3. The summed E-state index contributed by atoms with van der Waals surface area (Å²) in [6.45, 7) is 5.91. The highest BCUT2D eigenvalue weighted by Crippen LogP contribution is 2.31. The molecule has 1 aromatic carbocycles. The third-order valence-electron chi connectivity index (χ3n) is 3.95. The Bertz CT molecular complexity index is 892. The summed E-state index contributed by atoms with van der Waals surface area (Å²) < 4.78 is 67.0. The number of hydrogen-bond donors (Lipinski definition) is 0. The van der Waals surface area contributed by atoms with Crippen LogP contribution in [0.15, 0.2) is 22.7 Å². The molecule has 0 unspecified atom stereocenters. The van der Waals surface area contributed by atoms with E-state index in [0.29, 0.717) is 13.0 Å². The predicted molar refractivity (Wildman–Crippen MR) is 91.5 cm³/mol. The maximum Gasteiger partial charge on any atom is 0.471 e. The molecule has 158 valence electrons. The highest BCUT2D eigenvalue weighted by atomic mass is 19.4. The molecule has 0 aliphatic carbocycles. The number of amides is 1. The number of nitrogens with zero attached hydrogens (tertiary/aromatic N) is 3. The molecule has 2 heterocycles. The van der Waals surface area contributed by atoms with Gasteiger partial charge in [0.15, 0.2) is 11.6 Å². The van der Waals surface area contributed by atoms with Crippen molar-refractivity contribution in [1.82, 2.24) is 15.0 Å². The van der Waals surface area contributed by atoms with Crippen molar-refractivity contribution < 1.29 is 36.4 Å². The van der Waals surface area contributed by atoms with Gasteiger partial charge in [0.05, 0.1) is 6.54 Å². The first-order chi connectivity index (χ1) is 13.4. The number of halogens is 4. The van der Waals surface area contributed by atoms with Gasteiger partial charge >= 0.3 is 18.2 Å². The quantitative estimate of drug-likeness (QED) is 0.694. The van der Waals surface area contributed by atoms with E-state index in [0.717, 1.165) is 6.07 Å². The first-order valence-electron chi connectivity index (χ1n) is 8.78. The zero-order valence-electron chi connectivity index (χ0n) is 15.9. The Kier molecular flexibility index (Phi) is 5.42. The predicted octanol–water partition coefficient (Wildman–Crippen LogP) is 4.28. The number of carbonyl (C=O) groups is 1. The van der Waals surface area contributed by atoms with Crippen LogP contribution in [0.5, 0.6) is 5.75 Å². The van der Waals surface area contributed by atoms with Gasteiger partial charge in [-0.05, 0) is 39.0 Å². The SMILES string of the molecule is CC(C)(C)OC(=O)N1CC[C@H](Oc2ccc(-c3noc(C(F)(F)F)n3)cc2F)C1. The van der Waals surface area contributed by atoms with E-state index in [1.165, 1.54) is 17.0 Å². The molecule has 0 N–H and O–H groups in total. The van der Waals surface area contributed by atoms with Gasteiger partial charge in [-0.25, -0.2) is 9.18 Å². The third kappa shape index (κ3) is 5.15. The van der Waals surface area contributed by atoms with Crippen molar-refractivity contribution in [1.29, 1.82) is 0 Å². The number of benzene rings is 1. The lowest BCUT2D eigenvalue weighted by Crippen LogP contribution is -2.36. The van der Waals surface area contributed by atoms with Crippen LogP contribution in [0.2, 0.25) is 0 Å². The van der Waals surface area contributed by atoms with Crippen LogP contribution in [-0.2, 0) is 10.9 Å². The fraction of sp³-hybridized carbons (Fsp3) is 0.500. The van der Waals surface area contributed by atoms with Gasteiger partial charge in [-0.3, -0.25) is 0 Å². The number of carbonyl (C=O) groups excluding carboxylic acids is 1. The summed E-state index contributed by atoms with van der Waals surface area (Å²) in [5.74, 6) is -2.79. The maximum atomic E-state index is 14.4. The molecule has 1 fully saturated rings. The highest BCUT2D eigenvalue weighted by Gasteiger charge is 2.38. The van der Waals surface area contributed by atoms with Gasteiger partial charge in [0.2, 0.25) is 5.82 Å². The minimum atomic E-state index is -4.78. The molecule has 1 aliphatic rings. The van der Waals surface area contributed by atoms with Gasteiger partial charge < -0.3 is 18.9 Å². The average molecular weight is 417 g/mol. The lowest BCUT2D eigenvalue weighted by Gasteiger charge is -2.24. The molecule has 0 saturated carbocycles. The van der Waals surface area contributed by atoms with Crippen molar-refractivity contribution in [2.45, 2.75) is 45.1 Å². The van der Waals surface area contributed by atoms with Crippen molar-refractivity contribution in [2.75, 3.05) is 13.1 Å². The molecule has 2 aromatic rings. The van der Waals surface area contributed by atoms with Crippen LogP contribution in [0.3, 0.4) is 0 Å². The molecule has 29 heavy (non-hydrogen) atoms. The molecule has 1 atom stereocenters. The minimum Gasteiger partial charge on any atom is -0.485 e. The van der Waals surface area contributed by atoms with E-state index in [1.54, 1.807) is 20.8 Å². The van der Waals surface area contributed by atoms with Crippen molar-refractivity contribution in [3.8, 4) is 17.1 Å². The van der Waals surface area contributed by atoms with Gasteiger partial charge in [-0.15, -0.1) is 0 Å². The van der Waals surface area contributed by atoms with Crippen molar-refractivity contribution in [3.63, 3.8) is 0 Å². The molecular formula is C18H19F4N3O4. The van der Waals surface area contributed by atoms with Crippen LogP contribution in [0.25, 0.3) is 11.4 Å². The Hall–Kier alpha value is -2.85. The first kappa shape index (κ1) is 20.9. The number of rotatable bonds is 3. The van der Waals surface area contributed by atoms with Crippen molar-refractivity contribution in [3.05, 3.63) is 29.9 Å². The Morgan fingerprint density at radius 2 is 2.00 bits per heavy atom. The van der Waals surface area contributed by atoms with Crippen molar-refractivity contribution in [2.24, 2.45) is 0 Å². The second-order valence-electron chi connectivity index (χ2n) is 7.52. The van der Waals surface area contributed by atoms with E-state index in [4.69, 9.17) is 9.47 Å². The van der Waals surface area contributed by atoms with Gasteiger partial charge in [0.25, 0.3) is 0 Å². The van der Waals surface area contributed by atoms with Gasteiger partial charge in [-0.2, -0.15) is 18.2 Å². The summed E-state index contributed by atoms with van der Waals surface area (Å²) >= 11 is 0. The highest BCUT2D eigenvalue weighted by molar-refractivity contribution is 5.68. The Balaban J connectivity index is 1.64.